The molecule has 2 atom stereocenters. The van der Waals surface area contributed by atoms with Crippen molar-refractivity contribution >= 4 is 11.8 Å². The second kappa shape index (κ2) is 8.80. The number of aromatic hydroxyl groups is 1. The Labute approximate surface area is 175 Å². The van der Waals surface area contributed by atoms with Crippen LogP contribution in [-0.4, -0.2) is 21.8 Å². The summed E-state index contributed by atoms with van der Waals surface area (Å²) in [6.07, 6.45) is 0. The van der Waals surface area contributed by atoms with Gasteiger partial charge in [0.1, 0.15) is 11.7 Å². The average Bonchev–Trinajstić information content (AvgIpc) is 3.15. The van der Waals surface area contributed by atoms with Gasteiger partial charge in [0.25, 0.3) is 0 Å². The van der Waals surface area contributed by atoms with Crippen LogP contribution < -0.4 is 10.9 Å². The van der Waals surface area contributed by atoms with Gasteiger partial charge in [0, 0.05) is 18.7 Å². The van der Waals surface area contributed by atoms with E-state index in [0.29, 0.717) is 18.7 Å². The zero-order chi connectivity index (χ0) is 20.9. The molecule has 0 aromatic heterocycles. The molecule has 1 saturated heterocycles. The minimum atomic E-state index is -0.981. The van der Waals surface area contributed by atoms with E-state index >= 15 is 0 Å². The predicted molar refractivity (Wildman–Crippen MR) is 113 cm³/mol. The number of hydrazine groups is 1. The maximum Gasteiger partial charge on any atom is 0.248 e. The monoisotopic (exact) mass is 401 g/mol. The number of nitrogens with one attached hydrogen (secondary N) is 2. The normalized spacial score (nSPS) is 18.1. The van der Waals surface area contributed by atoms with Crippen LogP contribution in [0.25, 0.3) is 0 Å². The lowest BCUT2D eigenvalue weighted by molar-refractivity contribution is -0.142. The van der Waals surface area contributed by atoms with Crippen LogP contribution in [-0.2, 0) is 22.7 Å². The molecule has 3 N–H and O–H groups in total. The van der Waals surface area contributed by atoms with Crippen molar-refractivity contribution in [1.82, 2.24) is 15.8 Å². The third-order valence-electron chi connectivity index (χ3n) is 5.25. The van der Waals surface area contributed by atoms with Gasteiger partial charge in [0.15, 0.2) is 0 Å². The molecule has 0 bridgehead atoms. The first kappa shape index (κ1) is 19.7. The van der Waals surface area contributed by atoms with Crippen LogP contribution in [0.15, 0.2) is 84.9 Å². The van der Waals surface area contributed by atoms with Crippen LogP contribution in [0.5, 0.6) is 5.75 Å². The molecule has 3 aromatic rings. The number of benzene rings is 3. The van der Waals surface area contributed by atoms with Crippen molar-refractivity contribution < 1.29 is 14.7 Å². The van der Waals surface area contributed by atoms with E-state index in [9.17, 15) is 14.7 Å². The number of para-hydroxylation sites is 1. The molecule has 0 aliphatic carbocycles. The summed E-state index contributed by atoms with van der Waals surface area (Å²) in [6, 6.07) is 25.5. The van der Waals surface area contributed by atoms with E-state index in [1.54, 1.807) is 29.2 Å². The van der Waals surface area contributed by atoms with Gasteiger partial charge in [-0.25, -0.2) is 5.43 Å². The molecular formula is C24H23N3O3. The highest BCUT2D eigenvalue weighted by atomic mass is 16.3. The zero-order valence-electron chi connectivity index (χ0n) is 16.4. The molecule has 1 aliphatic rings. The molecule has 0 spiro atoms. The number of carbonyl (C=O) groups is 2. The SMILES string of the molecule is O=C1NNC(c2ccccc2O)C1C(=O)N(Cc1ccccc1)Cc1ccccc1. The Morgan fingerprint density at radius 2 is 1.37 bits per heavy atom. The number of phenolic OH excluding ortho intramolecular Hbond substituents is 1. The number of phenols is 1. The lowest BCUT2D eigenvalue weighted by atomic mass is 9.92. The summed E-state index contributed by atoms with van der Waals surface area (Å²) >= 11 is 0. The Morgan fingerprint density at radius 3 is 1.93 bits per heavy atom. The number of rotatable bonds is 6. The van der Waals surface area contributed by atoms with E-state index in [1.165, 1.54) is 0 Å². The first-order chi connectivity index (χ1) is 14.6. The first-order valence-electron chi connectivity index (χ1n) is 9.83. The first-order valence-corrected chi connectivity index (χ1v) is 9.83. The van der Waals surface area contributed by atoms with E-state index in [0.717, 1.165) is 11.1 Å². The molecule has 6 nitrogen and oxygen atoms in total. The number of hydrogen-bond acceptors (Lipinski definition) is 4. The van der Waals surface area contributed by atoms with E-state index in [1.807, 2.05) is 60.7 Å². The van der Waals surface area contributed by atoms with E-state index in [2.05, 4.69) is 10.9 Å². The number of hydrogen-bond donors (Lipinski definition) is 3. The Morgan fingerprint density at radius 1 is 0.833 bits per heavy atom. The third-order valence-corrected chi connectivity index (χ3v) is 5.25. The largest absolute Gasteiger partial charge is 0.508 e. The zero-order valence-corrected chi connectivity index (χ0v) is 16.4. The summed E-state index contributed by atoms with van der Waals surface area (Å²) in [5, 5.41) is 10.3. The van der Waals surface area contributed by atoms with Crippen molar-refractivity contribution in [2.45, 2.75) is 19.1 Å². The van der Waals surface area contributed by atoms with Gasteiger partial charge in [-0.3, -0.25) is 15.0 Å². The third kappa shape index (κ3) is 4.18. The van der Waals surface area contributed by atoms with Gasteiger partial charge in [0.05, 0.1) is 6.04 Å². The van der Waals surface area contributed by atoms with Gasteiger partial charge in [0.2, 0.25) is 11.8 Å². The Bertz CT molecular complexity index is 983. The van der Waals surface area contributed by atoms with Crippen molar-refractivity contribution in [3.8, 4) is 5.75 Å². The van der Waals surface area contributed by atoms with E-state index in [4.69, 9.17) is 0 Å². The Kier molecular flexibility index (Phi) is 5.77. The van der Waals surface area contributed by atoms with Crippen LogP contribution in [0, 0.1) is 5.92 Å². The molecule has 4 rings (SSSR count). The van der Waals surface area contributed by atoms with E-state index in [-0.39, 0.29) is 11.7 Å². The number of nitrogens with zero attached hydrogens (tertiary/aromatic N) is 1. The lowest BCUT2D eigenvalue weighted by Gasteiger charge is -2.27. The fraction of sp³-hybridized carbons (Fsp3) is 0.167. The highest BCUT2D eigenvalue weighted by molar-refractivity contribution is 6.02. The molecule has 3 aromatic carbocycles. The minimum Gasteiger partial charge on any atom is -0.508 e. The van der Waals surface area contributed by atoms with E-state index < -0.39 is 17.9 Å². The fourth-order valence-electron chi connectivity index (χ4n) is 3.74. The summed E-state index contributed by atoms with van der Waals surface area (Å²) in [5.74, 6) is -1.63. The minimum absolute atomic E-state index is 0.0435. The highest BCUT2D eigenvalue weighted by Gasteiger charge is 2.44. The molecule has 1 heterocycles. The van der Waals surface area contributed by atoms with Gasteiger partial charge >= 0.3 is 0 Å². The Hall–Kier alpha value is -3.64. The quantitative estimate of drug-likeness (QED) is 0.555. The highest BCUT2D eigenvalue weighted by Crippen LogP contribution is 2.33. The standard InChI is InChI=1S/C24H23N3O3/c28-20-14-8-7-13-19(20)22-21(23(29)26-25-22)24(30)27(15-17-9-3-1-4-10-17)16-18-11-5-2-6-12-18/h1-14,21-22,25,28H,15-16H2,(H,26,29). The molecule has 1 fully saturated rings. The predicted octanol–water partition coefficient (Wildman–Crippen LogP) is 2.91. The summed E-state index contributed by atoms with van der Waals surface area (Å²) in [5.41, 5.74) is 7.90. The summed E-state index contributed by atoms with van der Waals surface area (Å²) < 4.78 is 0. The maximum atomic E-state index is 13.6. The van der Waals surface area contributed by atoms with Crippen LogP contribution in [0.2, 0.25) is 0 Å². The van der Waals surface area contributed by atoms with Crippen LogP contribution in [0.3, 0.4) is 0 Å². The van der Waals surface area contributed by atoms with Crippen molar-refractivity contribution in [3.05, 3.63) is 102 Å². The van der Waals surface area contributed by atoms with Crippen molar-refractivity contribution in [3.63, 3.8) is 0 Å². The van der Waals surface area contributed by atoms with Crippen molar-refractivity contribution in [2.75, 3.05) is 0 Å². The van der Waals surface area contributed by atoms with Gasteiger partial charge in [-0.15, -0.1) is 0 Å². The summed E-state index contributed by atoms with van der Waals surface area (Å²) in [7, 11) is 0. The molecule has 2 amide bonds. The molecular weight excluding hydrogens is 378 g/mol. The fourth-order valence-corrected chi connectivity index (χ4v) is 3.74. The molecule has 0 saturated carbocycles. The Balaban J connectivity index is 1.65. The smallest absolute Gasteiger partial charge is 0.248 e. The van der Waals surface area contributed by atoms with Gasteiger partial charge in [-0.05, 0) is 17.2 Å². The summed E-state index contributed by atoms with van der Waals surface area (Å²) in [4.78, 5) is 27.9. The van der Waals surface area contributed by atoms with Gasteiger partial charge < -0.3 is 10.0 Å². The van der Waals surface area contributed by atoms with Crippen LogP contribution in [0.1, 0.15) is 22.7 Å². The van der Waals surface area contributed by atoms with Crippen molar-refractivity contribution in [2.24, 2.45) is 5.92 Å². The molecule has 1 aliphatic heterocycles. The molecule has 2 unspecified atom stereocenters. The van der Waals surface area contributed by atoms with Crippen molar-refractivity contribution in [1.29, 1.82) is 0 Å². The number of amides is 2. The lowest BCUT2D eigenvalue weighted by Crippen LogP contribution is -2.40. The van der Waals surface area contributed by atoms with Gasteiger partial charge in [-0.1, -0.05) is 78.9 Å². The summed E-state index contributed by atoms with van der Waals surface area (Å²) in [6.45, 7) is 0.762. The molecule has 0 radical (unpaired) electrons. The second-order valence-electron chi connectivity index (χ2n) is 7.31. The molecule has 6 heteroatoms. The average molecular weight is 401 g/mol. The van der Waals surface area contributed by atoms with Gasteiger partial charge in [-0.2, -0.15) is 0 Å². The molecule has 152 valence electrons. The molecule has 30 heavy (non-hydrogen) atoms. The number of carbonyl (C=O) groups excluding carboxylic acids is 2. The topological polar surface area (TPSA) is 81.7 Å². The second-order valence-corrected chi connectivity index (χ2v) is 7.31. The van der Waals surface area contributed by atoms with Crippen LogP contribution >= 0.6 is 0 Å². The van der Waals surface area contributed by atoms with Crippen LogP contribution in [0.4, 0.5) is 0 Å². The maximum absolute atomic E-state index is 13.6.